The van der Waals surface area contributed by atoms with Crippen LogP contribution in [0.15, 0.2) is 69.2 Å². The van der Waals surface area contributed by atoms with E-state index in [4.69, 9.17) is 14.8 Å². The summed E-state index contributed by atoms with van der Waals surface area (Å²) in [4.78, 5) is 18.0. The molecule has 0 spiro atoms. The molecule has 1 unspecified atom stereocenters. The largest absolute Gasteiger partial charge is 0.496 e. The van der Waals surface area contributed by atoms with Gasteiger partial charge in [0.1, 0.15) is 11.4 Å². The molecular formula is C22H17BrN4O2S. The standard InChI is InChI=1S/C22H17BrN4O2S/c1-29-18-10-8-15(13-5-3-4-6-14(13)18)20-24-17-9-7-12(23)11-16(17)19-21(28)25-22(30-2)26-27(19)20/h3-11,20H,1-2H3,(H,25,26,28). The SMILES string of the molecule is COc1ccc(C2N=c3ccc(Br)cc3=C3C(=O)NC(SC)=NN32)c2ccccc12. The molecule has 0 saturated carbocycles. The Morgan fingerprint density at radius 2 is 1.93 bits per heavy atom. The molecule has 0 radical (unpaired) electrons. The van der Waals surface area contributed by atoms with Gasteiger partial charge in [-0.15, -0.1) is 5.10 Å². The number of carbonyl (C=O) groups excluding carboxylic acids is 1. The van der Waals surface area contributed by atoms with Gasteiger partial charge in [0.2, 0.25) is 0 Å². The summed E-state index contributed by atoms with van der Waals surface area (Å²) in [6, 6.07) is 17.7. The Hall–Kier alpha value is -2.84. The molecule has 1 N–H and O–H groups in total. The summed E-state index contributed by atoms with van der Waals surface area (Å²) in [5.74, 6) is 0.606. The Morgan fingerprint density at radius 1 is 1.13 bits per heavy atom. The molecule has 2 aliphatic rings. The molecule has 8 heteroatoms. The molecule has 0 saturated heterocycles. The normalized spacial score (nSPS) is 17.6. The van der Waals surface area contributed by atoms with Crippen molar-refractivity contribution in [3.05, 3.63) is 75.2 Å². The van der Waals surface area contributed by atoms with Crippen LogP contribution < -0.4 is 20.6 Å². The van der Waals surface area contributed by atoms with Crippen molar-refractivity contribution in [1.82, 2.24) is 10.3 Å². The summed E-state index contributed by atoms with van der Waals surface area (Å²) >= 11 is 4.89. The molecule has 0 bridgehead atoms. The van der Waals surface area contributed by atoms with Crippen LogP contribution in [-0.4, -0.2) is 29.4 Å². The lowest BCUT2D eigenvalue weighted by atomic mass is 10.00. The van der Waals surface area contributed by atoms with Gasteiger partial charge >= 0.3 is 0 Å². The van der Waals surface area contributed by atoms with Gasteiger partial charge in [-0.1, -0.05) is 58.0 Å². The number of thioether (sulfide) groups is 1. The zero-order valence-electron chi connectivity index (χ0n) is 16.2. The van der Waals surface area contributed by atoms with Crippen molar-refractivity contribution in [2.45, 2.75) is 6.17 Å². The number of hydrogen-bond acceptors (Lipinski definition) is 6. The van der Waals surface area contributed by atoms with Crippen LogP contribution in [0.3, 0.4) is 0 Å². The third-order valence-electron chi connectivity index (χ3n) is 5.18. The van der Waals surface area contributed by atoms with E-state index in [0.29, 0.717) is 10.9 Å². The number of nitrogens with one attached hydrogen (secondary N) is 1. The molecule has 2 heterocycles. The van der Waals surface area contributed by atoms with Gasteiger partial charge in [-0.05, 0) is 35.9 Å². The maximum absolute atomic E-state index is 13.1. The van der Waals surface area contributed by atoms with Crippen molar-refractivity contribution in [2.24, 2.45) is 10.1 Å². The number of rotatable bonds is 2. The second-order valence-electron chi connectivity index (χ2n) is 6.82. The van der Waals surface area contributed by atoms with Gasteiger partial charge in [0.25, 0.3) is 5.91 Å². The zero-order valence-corrected chi connectivity index (χ0v) is 18.6. The maximum atomic E-state index is 13.1. The number of benzene rings is 3. The van der Waals surface area contributed by atoms with E-state index < -0.39 is 6.17 Å². The first-order chi connectivity index (χ1) is 14.6. The molecule has 30 heavy (non-hydrogen) atoms. The zero-order chi connectivity index (χ0) is 20.8. The lowest BCUT2D eigenvalue weighted by molar-refractivity contribution is -0.116. The number of halogens is 1. The Bertz CT molecular complexity index is 1350. The average molecular weight is 481 g/mol. The number of fused-ring (bicyclic) bond motifs is 3. The van der Waals surface area contributed by atoms with Gasteiger partial charge in [-0.2, -0.15) is 0 Å². The quantitative estimate of drug-likeness (QED) is 0.611. The van der Waals surface area contributed by atoms with E-state index in [-0.39, 0.29) is 5.91 Å². The number of hydrazone groups is 1. The van der Waals surface area contributed by atoms with E-state index in [1.165, 1.54) is 11.8 Å². The van der Waals surface area contributed by atoms with Crippen LogP contribution in [0.2, 0.25) is 0 Å². The summed E-state index contributed by atoms with van der Waals surface area (Å²) in [5.41, 5.74) is 1.44. The van der Waals surface area contributed by atoms with Crippen molar-refractivity contribution in [3.63, 3.8) is 0 Å². The highest BCUT2D eigenvalue weighted by atomic mass is 79.9. The fraction of sp³-hybridized carbons (Fsp3) is 0.136. The summed E-state index contributed by atoms with van der Waals surface area (Å²) in [5, 5.41) is 13.4. The summed E-state index contributed by atoms with van der Waals surface area (Å²) < 4.78 is 6.43. The average Bonchev–Trinajstić information content (AvgIpc) is 2.77. The molecule has 0 fully saturated rings. The third kappa shape index (κ3) is 2.98. The summed E-state index contributed by atoms with van der Waals surface area (Å²) in [6.07, 6.45) is 1.41. The van der Waals surface area contributed by atoms with Gasteiger partial charge in [0, 0.05) is 20.6 Å². The first-order valence-electron chi connectivity index (χ1n) is 9.27. The van der Waals surface area contributed by atoms with Gasteiger partial charge in [0.05, 0.1) is 12.5 Å². The molecule has 150 valence electrons. The molecule has 3 aromatic rings. The number of nitrogens with zero attached hydrogens (tertiary/aromatic N) is 3. The highest BCUT2D eigenvalue weighted by molar-refractivity contribution is 9.10. The van der Waals surface area contributed by atoms with Crippen LogP contribution in [-0.2, 0) is 4.79 Å². The summed E-state index contributed by atoms with van der Waals surface area (Å²) in [6.45, 7) is 0. The van der Waals surface area contributed by atoms with E-state index in [1.54, 1.807) is 12.1 Å². The lowest BCUT2D eigenvalue weighted by Crippen LogP contribution is -2.50. The van der Waals surface area contributed by atoms with E-state index >= 15 is 0 Å². The smallest absolute Gasteiger partial charge is 0.276 e. The minimum absolute atomic E-state index is 0.189. The molecule has 1 amide bonds. The van der Waals surface area contributed by atoms with Crippen molar-refractivity contribution < 1.29 is 9.53 Å². The predicted molar refractivity (Wildman–Crippen MR) is 123 cm³/mol. The number of amidine groups is 1. The number of methoxy groups -OCH3 is 1. The molecule has 6 nitrogen and oxygen atoms in total. The Labute approximate surface area is 185 Å². The molecule has 2 aliphatic heterocycles. The van der Waals surface area contributed by atoms with Crippen LogP contribution in [0.25, 0.3) is 16.5 Å². The van der Waals surface area contributed by atoms with Crippen LogP contribution in [0.5, 0.6) is 5.75 Å². The minimum Gasteiger partial charge on any atom is -0.496 e. The third-order valence-corrected chi connectivity index (χ3v) is 6.24. The van der Waals surface area contributed by atoms with Crippen LogP contribution in [0.1, 0.15) is 11.7 Å². The van der Waals surface area contributed by atoms with Gasteiger partial charge in [-0.25, -0.2) is 5.01 Å². The molecule has 3 aromatic carbocycles. The highest BCUT2D eigenvalue weighted by Crippen LogP contribution is 2.37. The topological polar surface area (TPSA) is 66.3 Å². The van der Waals surface area contributed by atoms with E-state index in [9.17, 15) is 4.79 Å². The molecule has 1 atom stereocenters. The molecular weight excluding hydrogens is 464 g/mol. The van der Waals surface area contributed by atoms with Gasteiger partial charge in [0.15, 0.2) is 11.3 Å². The van der Waals surface area contributed by atoms with E-state index in [2.05, 4.69) is 21.2 Å². The maximum Gasteiger partial charge on any atom is 0.276 e. The van der Waals surface area contributed by atoms with Crippen molar-refractivity contribution in [3.8, 4) is 5.75 Å². The van der Waals surface area contributed by atoms with Crippen molar-refractivity contribution >= 4 is 55.2 Å². The minimum atomic E-state index is -0.474. The van der Waals surface area contributed by atoms with Crippen molar-refractivity contribution in [1.29, 1.82) is 0 Å². The lowest BCUT2D eigenvalue weighted by Gasteiger charge is -2.34. The number of carbonyl (C=O) groups is 1. The molecule has 5 rings (SSSR count). The van der Waals surface area contributed by atoms with Crippen molar-refractivity contribution in [2.75, 3.05) is 13.4 Å². The number of amides is 1. The second kappa shape index (κ2) is 7.45. The molecule has 0 aliphatic carbocycles. The Morgan fingerprint density at radius 3 is 2.70 bits per heavy atom. The van der Waals surface area contributed by atoms with Crippen LogP contribution in [0, 0.1) is 0 Å². The Balaban J connectivity index is 1.83. The second-order valence-corrected chi connectivity index (χ2v) is 8.53. The van der Waals surface area contributed by atoms with Gasteiger partial charge < -0.3 is 4.74 Å². The van der Waals surface area contributed by atoms with Gasteiger partial charge in [-0.3, -0.25) is 15.1 Å². The fourth-order valence-corrected chi connectivity index (χ4v) is 4.57. The summed E-state index contributed by atoms with van der Waals surface area (Å²) in [7, 11) is 1.66. The number of ether oxygens (including phenoxy) is 1. The first-order valence-corrected chi connectivity index (χ1v) is 11.3. The monoisotopic (exact) mass is 480 g/mol. The number of hydrogen-bond donors (Lipinski definition) is 1. The van der Waals surface area contributed by atoms with Crippen LogP contribution in [0.4, 0.5) is 0 Å². The predicted octanol–water partition coefficient (Wildman–Crippen LogP) is 3.12. The first kappa shape index (κ1) is 19.1. The fourth-order valence-electron chi connectivity index (χ4n) is 3.84. The Kier molecular flexibility index (Phi) is 4.75. The van der Waals surface area contributed by atoms with E-state index in [1.807, 2.05) is 60.9 Å². The highest BCUT2D eigenvalue weighted by Gasteiger charge is 2.35. The van der Waals surface area contributed by atoms with Crippen LogP contribution >= 0.6 is 27.7 Å². The molecule has 0 aromatic heterocycles. The van der Waals surface area contributed by atoms with E-state index in [0.717, 1.165) is 37.1 Å².